The van der Waals surface area contributed by atoms with E-state index in [-0.39, 0.29) is 19.4 Å². The van der Waals surface area contributed by atoms with Crippen LogP contribution in [0.1, 0.15) is 72.6 Å². The molecule has 0 aromatic rings. The molecule has 0 aromatic heterocycles. The molecular formula is C26H43N5O8S. The number of nitrogens with one attached hydrogen (secondary N) is 3. The van der Waals surface area contributed by atoms with E-state index in [2.05, 4.69) is 10.6 Å². The van der Waals surface area contributed by atoms with E-state index in [1.54, 1.807) is 27.7 Å². The number of aliphatic hydroxyl groups excluding tert-OH is 1. The molecule has 226 valence electrons. The Kier molecular flexibility index (Phi) is 9.26. The first kappa shape index (κ1) is 31.8. The number of rotatable bonds is 4. The Bertz CT molecular complexity index is 1150. The van der Waals surface area contributed by atoms with Gasteiger partial charge in [0.15, 0.2) is 0 Å². The average Bonchev–Trinajstić information content (AvgIpc) is 3.20. The Labute approximate surface area is 236 Å². The number of hydrogen-bond acceptors (Lipinski definition) is 8. The van der Waals surface area contributed by atoms with E-state index in [9.17, 15) is 32.7 Å². The zero-order valence-electron chi connectivity index (χ0n) is 24.2. The minimum atomic E-state index is -4.13. The van der Waals surface area contributed by atoms with E-state index in [1.165, 1.54) is 19.0 Å². The smallest absolute Gasteiger partial charge is 0.408 e. The number of alkyl carbamates (subject to hydrolysis) is 1. The molecule has 0 bridgehead atoms. The quantitative estimate of drug-likeness (QED) is 0.346. The highest BCUT2D eigenvalue weighted by Crippen LogP contribution is 2.57. The van der Waals surface area contributed by atoms with Crippen LogP contribution in [0.5, 0.6) is 0 Å². The summed E-state index contributed by atoms with van der Waals surface area (Å²) in [6.45, 7) is 6.75. The first-order chi connectivity index (χ1) is 18.4. The lowest BCUT2D eigenvalue weighted by molar-refractivity contribution is -0.141. The molecule has 1 saturated heterocycles. The average molecular weight is 586 g/mol. The van der Waals surface area contributed by atoms with Crippen LogP contribution in [0.25, 0.3) is 0 Å². The van der Waals surface area contributed by atoms with Gasteiger partial charge in [-0.05, 0) is 46.5 Å². The largest absolute Gasteiger partial charge is 0.444 e. The standard InChI is InChI=1S/C26H43N5O8S/c1-24(2,3)39-23(36)27-18-12-10-8-7-9-11-13-25(4)16-26(25,22(35)29-40(37,38)30(5)6)28-20(33)19-14-17(32)15-31(19)21(18)34/h11,13,17-19,32H,7-10,12,14-16H2,1-6H3,(H,27,36)(H,28,33)(H,29,35). The van der Waals surface area contributed by atoms with E-state index in [4.69, 9.17) is 4.74 Å². The number of ether oxygens (including phenoxy) is 1. The Morgan fingerprint density at radius 1 is 1.20 bits per heavy atom. The molecule has 1 aliphatic carbocycles. The molecule has 4 N–H and O–H groups in total. The predicted molar refractivity (Wildman–Crippen MR) is 146 cm³/mol. The van der Waals surface area contributed by atoms with Gasteiger partial charge in [0.25, 0.3) is 5.91 Å². The van der Waals surface area contributed by atoms with Crippen LogP contribution in [0.3, 0.4) is 0 Å². The highest BCUT2D eigenvalue weighted by atomic mass is 32.2. The second-order valence-corrected chi connectivity index (χ2v) is 14.2. The first-order valence-corrected chi connectivity index (χ1v) is 15.1. The van der Waals surface area contributed by atoms with Crippen molar-refractivity contribution in [2.45, 2.75) is 102 Å². The van der Waals surface area contributed by atoms with Gasteiger partial charge in [-0.2, -0.15) is 12.7 Å². The molecule has 2 heterocycles. The third kappa shape index (κ3) is 7.13. The van der Waals surface area contributed by atoms with Gasteiger partial charge in [-0.25, -0.2) is 9.52 Å². The molecule has 0 aromatic carbocycles. The molecule has 0 radical (unpaired) electrons. The number of allylic oxidation sites excluding steroid dienone is 1. The molecule has 1 saturated carbocycles. The van der Waals surface area contributed by atoms with Gasteiger partial charge in [0, 0.05) is 32.5 Å². The fraction of sp³-hybridized carbons (Fsp3) is 0.769. The molecule has 5 unspecified atom stereocenters. The molecule has 13 nitrogen and oxygen atoms in total. The minimum Gasteiger partial charge on any atom is -0.444 e. The number of nitrogens with zero attached hydrogens (tertiary/aromatic N) is 2. The molecule has 0 spiro atoms. The molecule has 3 aliphatic rings. The summed E-state index contributed by atoms with van der Waals surface area (Å²) in [7, 11) is -1.58. The summed E-state index contributed by atoms with van der Waals surface area (Å²) in [6, 6.07) is -2.11. The molecule has 2 aliphatic heterocycles. The summed E-state index contributed by atoms with van der Waals surface area (Å²) >= 11 is 0. The van der Waals surface area contributed by atoms with Crippen molar-refractivity contribution in [2.75, 3.05) is 20.6 Å². The van der Waals surface area contributed by atoms with Crippen molar-refractivity contribution < 1.29 is 37.4 Å². The number of fused-ring (bicyclic) bond motifs is 2. The summed E-state index contributed by atoms with van der Waals surface area (Å²) in [6.07, 6.45) is 5.22. The third-order valence-electron chi connectivity index (χ3n) is 7.61. The summed E-state index contributed by atoms with van der Waals surface area (Å²) in [5.41, 5.74) is -3.21. The number of carbonyl (C=O) groups excluding carboxylic acids is 4. The monoisotopic (exact) mass is 585 g/mol. The number of hydrogen-bond donors (Lipinski definition) is 4. The Balaban J connectivity index is 1.92. The van der Waals surface area contributed by atoms with Crippen molar-refractivity contribution in [1.82, 2.24) is 24.6 Å². The number of amides is 4. The lowest BCUT2D eigenvalue weighted by atomic mass is 9.99. The summed E-state index contributed by atoms with van der Waals surface area (Å²) in [4.78, 5) is 54.5. The maximum absolute atomic E-state index is 13.7. The fourth-order valence-corrected chi connectivity index (χ4v) is 5.82. The normalized spacial score (nSPS) is 31.8. The lowest BCUT2D eigenvalue weighted by Crippen LogP contribution is -2.59. The first-order valence-electron chi connectivity index (χ1n) is 13.6. The molecule has 3 rings (SSSR count). The fourth-order valence-electron chi connectivity index (χ4n) is 5.22. The molecular weight excluding hydrogens is 542 g/mol. The van der Waals surface area contributed by atoms with E-state index in [0.717, 1.165) is 17.1 Å². The lowest BCUT2D eigenvalue weighted by Gasteiger charge is -2.31. The molecule has 14 heteroatoms. The summed E-state index contributed by atoms with van der Waals surface area (Å²) in [5, 5.41) is 15.8. The SMILES string of the molecule is CN(C)S(=O)(=O)NC(=O)C12CC1(C)C=CCCCCCC(NC(=O)OC(C)(C)C)C(=O)N1CC(O)CC1C(=O)N2. The summed E-state index contributed by atoms with van der Waals surface area (Å²) < 4.78 is 33.1. The van der Waals surface area contributed by atoms with E-state index in [1.807, 2.05) is 16.9 Å². The minimum absolute atomic E-state index is 0.0724. The van der Waals surface area contributed by atoms with Crippen molar-refractivity contribution in [3.63, 3.8) is 0 Å². The van der Waals surface area contributed by atoms with Crippen LogP contribution in [-0.2, 0) is 29.3 Å². The second kappa shape index (κ2) is 11.6. The van der Waals surface area contributed by atoms with Crippen LogP contribution < -0.4 is 15.4 Å². The van der Waals surface area contributed by atoms with Crippen LogP contribution >= 0.6 is 0 Å². The van der Waals surface area contributed by atoms with Crippen molar-refractivity contribution in [3.05, 3.63) is 12.2 Å². The van der Waals surface area contributed by atoms with Crippen LogP contribution in [0, 0.1) is 5.41 Å². The Hall–Kier alpha value is -2.71. The van der Waals surface area contributed by atoms with Gasteiger partial charge in [-0.1, -0.05) is 31.9 Å². The number of aliphatic hydroxyl groups is 1. The molecule has 4 amide bonds. The second-order valence-electron chi connectivity index (χ2n) is 12.3. The van der Waals surface area contributed by atoms with Crippen molar-refractivity contribution in [2.24, 2.45) is 5.41 Å². The van der Waals surface area contributed by atoms with E-state index >= 15 is 0 Å². The highest BCUT2D eigenvalue weighted by Gasteiger charge is 2.70. The Morgan fingerprint density at radius 2 is 1.88 bits per heavy atom. The molecule has 40 heavy (non-hydrogen) atoms. The van der Waals surface area contributed by atoms with E-state index in [0.29, 0.717) is 19.3 Å². The van der Waals surface area contributed by atoms with Gasteiger partial charge in [-0.3, -0.25) is 14.4 Å². The summed E-state index contributed by atoms with van der Waals surface area (Å²) in [5.74, 6) is -2.11. The molecule has 2 fully saturated rings. The topological polar surface area (TPSA) is 174 Å². The van der Waals surface area contributed by atoms with Gasteiger partial charge in [0.1, 0.15) is 23.2 Å². The van der Waals surface area contributed by atoms with Gasteiger partial charge in [-0.15, -0.1) is 0 Å². The van der Waals surface area contributed by atoms with Crippen molar-refractivity contribution in [1.29, 1.82) is 0 Å². The van der Waals surface area contributed by atoms with Crippen molar-refractivity contribution >= 4 is 34.0 Å². The van der Waals surface area contributed by atoms with Crippen LogP contribution in [0.4, 0.5) is 4.79 Å². The zero-order valence-corrected chi connectivity index (χ0v) is 25.0. The van der Waals surface area contributed by atoms with Gasteiger partial charge in [0.05, 0.1) is 6.10 Å². The van der Waals surface area contributed by atoms with Gasteiger partial charge in [0.2, 0.25) is 11.8 Å². The van der Waals surface area contributed by atoms with Crippen LogP contribution in [-0.4, -0.2) is 96.5 Å². The predicted octanol–water partition coefficient (Wildman–Crippen LogP) is 0.549. The van der Waals surface area contributed by atoms with Gasteiger partial charge < -0.3 is 25.4 Å². The molecule has 5 atom stereocenters. The van der Waals surface area contributed by atoms with Crippen LogP contribution in [0.15, 0.2) is 12.2 Å². The third-order valence-corrected chi connectivity index (χ3v) is 9.02. The number of carbonyl (C=O) groups is 4. The van der Waals surface area contributed by atoms with Gasteiger partial charge >= 0.3 is 16.3 Å². The highest BCUT2D eigenvalue weighted by molar-refractivity contribution is 7.87. The van der Waals surface area contributed by atoms with Crippen LogP contribution in [0.2, 0.25) is 0 Å². The van der Waals surface area contributed by atoms with Crippen molar-refractivity contribution in [3.8, 4) is 0 Å². The maximum atomic E-state index is 13.7. The zero-order chi connectivity index (χ0) is 30.1. The Morgan fingerprint density at radius 3 is 2.50 bits per heavy atom. The van der Waals surface area contributed by atoms with E-state index < -0.39 is 68.8 Å². The maximum Gasteiger partial charge on any atom is 0.408 e.